The van der Waals surface area contributed by atoms with E-state index in [1.807, 2.05) is 84.0 Å². The number of nitrogens with zero attached hydrogens (tertiary/aromatic N) is 1. The molecule has 0 bridgehead atoms. The van der Waals surface area contributed by atoms with Crippen LogP contribution >= 0.6 is 0 Å². The number of phenols is 1. The molecule has 3 aromatic carbocycles. The molecule has 3 rings (SSSR count). The van der Waals surface area contributed by atoms with Crippen molar-refractivity contribution in [2.45, 2.75) is 92.0 Å². The molecule has 3 aromatic rings. The number of hydrogen-bond acceptors (Lipinski definition) is 5. The molecule has 2 atom stereocenters. The SMILES string of the molecule is Cc1ccc(C(C(=O)Nc2ccccc2C)N(C(=O)C(Cc2ccc(O)cc2)NC(=O)OC(C)(C)C)C(C)(C)C)c(C)c1. The van der Waals surface area contributed by atoms with Gasteiger partial charge >= 0.3 is 6.09 Å². The number of alkyl carbamates (subject to hydrolysis) is 1. The van der Waals surface area contributed by atoms with Gasteiger partial charge < -0.3 is 25.4 Å². The Labute approximate surface area is 255 Å². The molecule has 0 aliphatic heterocycles. The zero-order chi connectivity index (χ0) is 32.1. The van der Waals surface area contributed by atoms with Crippen LogP contribution in [0.1, 0.15) is 75.4 Å². The average Bonchev–Trinajstić information content (AvgIpc) is 2.87. The molecule has 0 fully saturated rings. The molecule has 0 aliphatic carbocycles. The maximum atomic E-state index is 14.7. The third kappa shape index (κ3) is 9.08. The minimum Gasteiger partial charge on any atom is -0.508 e. The summed E-state index contributed by atoms with van der Waals surface area (Å²) in [6.45, 7) is 16.7. The summed E-state index contributed by atoms with van der Waals surface area (Å²) in [6, 6.07) is 17.6. The third-order valence-corrected chi connectivity index (χ3v) is 6.95. The fourth-order valence-corrected chi connectivity index (χ4v) is 4.97. The van der Waals surface area contributed by atoms with Crippen molar-refractivity contribution in [1.29, 1.82) is 0 Å². The van der Waals surface area contributed by atoms with E-state index in [-0.39, 0.29) is 18.1 Å². The number of carbonyl (C=O) groups excluding carboxylic acids is 3. The second-order valence-electron chi connectivity index (χ2n) is 13.0. The predicted octanol–water partition coefficient (Wildman–Crippen LogP) is 6.76. The molecule has 230 valence electrons. The number of rotatable bonds is 8. The predicted molar refractivity (Wildman–Crippen MR) is 170 cm³/mol. The quantitative estimate of drug-likeness (QED) is 0.270. The molecule has 0 aliphatic rings. The number of nitrogens with one attached hydrogen (secondary N) is 2. The number of benzene rings is 3. The zero-order valence-corrected chi connectivity index (χ0v) is 26.7. The maximum Gasteiger partial charge on any atom is 0.408 e. The van der Waals surface area contributed by atoms with Crippen LogP contribution in [0.5, 0.6) is 5.75 Å². The van der Waals surface area contributed by atoms with Crippen molar-refractivity contribution >= 4 is 23.6 Å². The highest BCUT2D eigenvalue weighted by Crippen LogP contribution is 2.34. The Balaban J connectivity index is 2.15. The highest BCUT2D eigenvalue weighted by atomic mass is 16.6. The third-order valence-electron chi connectivity index (χ3n) is 6.95. The Morgan fingerprint density at radius 3 is 2.05 bits per heavy atom. The Bertz CT molecular complexity index is 1450. The van der Waals surface area contributed by atoms with E-state index in [1.54, 1.807) is 37.8 Å². The summed E-state index contributed by atoms with van der Waals surface area (Å²) in [5.41, 5.74) is 3.21. The molecule has 0 radical (unpaired) electrons. The largest absolute Gasteiger partial charge is 0.508 e. The fourth-order valence-electron chi connectivity index (χ4n) is 4.97. The number of anilines is 1. The minimum atomic E-state index is -1.07. The molecule has 0 saturated heterocycles. The number of aryl methyl sites for hydroxylation is 3. The highest BCUT2D eigenvalue weighted by Gasteiger charge is 2.42. The van der Waals surface area contributed by atoms with E-state index in [1.165, 1.54) is 12.1 Å². The minimum absolute atomic E-state index is 0.0887. The lowest BCUT2D eigenvalue weighted by molar-refractivity contribution is -0.146. The van der Waals surface area contributed by atoms with Gasteiger partial charge in [0.2, 0.25) is 5.91 Å². The van der Waals surface area contributed by atoms with Gasteiger partial charge in [-0.25, -0.2) is 4.79 Å². The molecule has 43 heavy (non-hydrogen) atoms. The first kappa shape index (κ1) is 33.2. The second-order valence-corrected chi connectivity index (χ2v) is 13.0. The molecular formula is C35H45N3O5. The molecule has 0 aromatic heterocycles. The van der Waals surface area contributed by atoms with E-state index < -0.39 is 35.2 Å². The molecule has 3 amide bonds. The van der Waals surface area contributed by atoms with Gasteiger partial charge in [0.05, 0.1) is 0 Å². The molecule has 2 unspecified atom stereocenters. The lowest BCUT2D eigenvalue weighted by atomic mass is 9.91. The van der Waals surface area contributed by atoms with Crippen LogP contribution in [0.3, 0.4) is 0 Å². The van der Waals surface area contributed by atoms with Gasteiger partial charge in [-0.2, -0.15) is 0 Å². The van der Waals surface area contributed by atoms with E-state index in [0.717, 1.165) is 16.7 Å². The van der Waals surface area contributed by atoms with Gasteiger partial charge in [-0.15, -0.1) is 0 Å². The van der Waals surface area contributed by atoms with E-state index in [9.17, 15) is 19.5 Å². The van der Waals surface area contributed by atoms with E-state index in [0.29, 0.717) is 16.8 Å². The van der Waals surface area contributed by atoms with Crippen LogP contribution in [0.15, 0.2) is 66.7 Å². The van der Waals surface area contributed by atoms with Crippen molar-refractivity contribution in [3.8, 4) is 5.75 Å². The van der Waals surface area contributed by atoms with Crippen LogP contribution in [0.4, 0.5) is 10.5 Å². The first-order valence-corrected chi connectivity index (χ1v) is 14.5. The number of ether oxygens (including phenoxy) is 1. The van der Waals surface area contributed by atoms with Gasteiger partial charge in [0.1, 0.15) is 23.4 Å². The smallest absolute Gasteiger partial charge is 0.408 e. The number of phenolic OH excluding ortho intramolecular Hbond substituents is 1. The molecule has 0 saturated carbocycles. The van der Waals surface area contributed by atoms with Gasteiger partial charge in [0, 0.05) is 17.6 Å². The van der Waals surface area contributed by atoms with E-state index >= 15 is 0 Å². The summed E-state index contributed by atoms with van der Waals surface area (Å²) < 4.78 is 5.52. The Kier molecular flexibility index (Phi) is 10.3. The monoisotopic (exact) mass is 587 g/mol. The van der Waals surface area contributed by atoms with Gasteiger partial charge in [-0.3, -0.25) is 9.59 Å². The van der Waals surface area contributed by atoms with E-state index in [2.05, 4.69) is 10.6 Å². The maximum absolute atomic E-state index is 14.7. The summed E-state index contributed by atoms with van der Waals surface area (Å²) in [7, 11) is 0. The van der Waals surface area contributed by atoms with Gasteiger partial charge in [-0.1, -0.05) is 54.1 Å². The van der Waals surface area contributed by atoms with Crippen molar-refractivity contribution in [1.82, 2.24) is 10.2 Å². The van der Waals surface area contributed by atoms with Crippen LogP contribution in [0, 0.1) is 20.8 Å². The molecule has 0 spiro atoms. The number of hydrogen-bond donors (Lipinski definition) is 3. The lowest BCUT2D eigenvalue weighted by Gasteiger charge is -2.43. The zero-order valence-electron chi connectivity index (χ0n) is 26.7. The molecule has 8 heteroatoms. The Morgan fingerprint density at radius 1 is 0.860 bits per heavy atom. The van der Waals surface area contributed by atoms with Crippen LogP contribution in [0.25, 0.3) is 0 Å². The first-order chi connectivity index (χ1) is 20.0. The molecule has 8 nitrogen and oxygen atoms in total. The van der Waals surface area contributed by atoms with Crippen LogP contribution in [-0.2, 0) is 20.7 Å². The topological polar surface area (TPSA) is 108 Å². The van der Waals surface area contributed by atoms with Crippen molar-refractivity contribution in [2.24, 2.45) is 0 Å². The van der Waals surface area contributed by atoms with Crippen molar-refractivity contribution in [2.75, 3.05) is 5.32 Å². The fraction of sp³-hybridized carbons (Fsp3) is 0.400. The standard InChI is InChI=1S/C35H45N3O5/c1-22-14-19-27(24(3)20-22)30(31(40)36-28-13-11-10-12-23(28)2)38(34(4,5)6)32(41)29(37-33(42)43-35(7,8)9)21-25-15-17-26(39)18-16-25/h10-20,29-30,39H,21H2,1-9H3,(H,36,40)(H,37,42). The number of para-hydroxylation sites is 1. The molecular weight excluding hydrogens is 542 g/mol. The Morgan fingerprint density at radius 2 is 1.49 bits per heavy atom. The van der Waals surface area contributed by atoms with Crippen molar-refractivity contribution in [3.05, 3.63) is 94.5 Å². The number of carbonyl (C=O) groups is 3. The first-order valence-electron chi connectivity index (χ1n) is 14.5. The Hall–Kier alpha value is -4.33. The summed E-state index contributed by atoms with van der Waals surface area (Å²) in [5, 5.41) is 15.6. The van der Waals surface area contributed by atoms with Crippen molar-refractivity contribution in [3.63, 3.8) is 0 Å². The van der Waals surface area contributed by atoms with Crippen molar-refractivity contribution < 1.29 is 24.2 Å². The average molecular weight is 588 g/mol. The van der Waals surface area contributed by atoms with Gasteiger partial charge in [0.15, 0.2) is 0 Å². The summed E-state index contributed by atoms with van der Waals surface area (Å²) in [6.07, 6.45) is -0.629. The lowest BCUT2D eigenvalue weighted by Crippen LogP contribution is -2.58. The second kappa shape index (κ2) is 13.3. The summed E-state index contributed by atoms with van der Waals surface area (Å²) in [5.74, 6) is -0.729. The number of aromatic hydroxyl groups is 1. The molecule has 0 heterocycles. The normalized spacial score (nSPS) is 13.0. The summed E-state index contributed by atoms with van der Waals surface area (Å²) >= 11 is 0. The van der Waals surface area contributed by atoms with Gasteiger partial charge in [-0.05, 0) is 103 Å². The number of amides is 3. The van der Waals surface area contributed by atoms with Crippen LogP contribution in [-0.4, -0.2) is 45.1 Å². The highest BCUT2D eigenvalue weighted by molar-refractivity contribution is 6.00. The summed E-state index contributed by atoms with van der Waals surface area (Å²) in [4.78, 5) is 43.6. The van der Waals surface area contributed by atoms with Gasteiger partial charge in [0.25, 0.3) is 5.91 Å². The van der Waals surface area contributed by atoms with Crippen LogP contribution in [0.2, 0.25) is 0 Å². The molecule has 3 N–H and O–H groups in total. The van der Waals surface area contributed by atoms with Crippen LogP contribution < -0.4 is 10.6 Å². The van der Waals surface area contributed by atoms with E-state index in [4.69, 9.17) is 4.74 Å².